The van der Waals surface area contributed by atoms with E-state index in [2.05, 4.69) is 5.32 Å². The van der Waals surface area contributed by atoms with E-state index in [1.165, 1.54) is 7.05 Å². The molecule has 2 rings (SSSR count). The van der Waals surface area contributed by atoms with Gasteiger partial charge in [-0.25, -0.2) is 17.2 Å². The fourth-order valence-corrected chi connectivity index (χ4v) is 4.07. The minimum atomic E-state index is -4.38. The standard InChI is InChI=1S/C12H14F2N2O3S/c1-15-12(17)10-6-3-7-16(10)20(18,19)11-8(13)4-2-5-9(11)14/h2,4-5,10H,3,6-7H2,1H3,(H,15,17). The van der Waals surface area contributed by atoms with Gasteiger partial charge in [-0.1, -0.05) is 6.07 Å². The fourth-order valence-electron chi connectivity index (χ4n) is 2.30. The van der Waals surface area contributed by atoms with Crippen molar-refractivity contribution >= 4 is 15.9 Å². The summed E-state index contributed by atoms with van der Waals surface area (Å²) in [5, 5.41) is 2.36. The number of hydrogen-bond donors (Lipinski definition) is 1. The second-order valence-electron chi connectivity index (χ2n) is 4.44. The topological polar surface area (TPSA) is 66.5 Å². The Morgan fingerprint density at radius 2 is 1.95 bits per heavy atom. The molecule has 1 fully saturated rings. The maximum atomic E-state index is 13.7. The van der Waals surface area contributed by atoms with Gasteiger partial charge in [-0.15, -0.1) is 0 Å². The Morgan fingerprint density at radius 1 is 1.35 bits per heavy atom. The van der Waals surface area contributed by atoms with Crippen LogP contribution in [0.2, 0.25) is 0 Å². The van der Waals surface area contributed by atoms with Crippen molar-refractivity contribution in [2.75, 3.05) is 13.6 Å². The number of sulfonamides is 1. The highest BCUT2D eigenvalue weighted by Crippen LogP contribution is 2.29. The molecule has 1 aromatic carbocycles. The van der Waals surface area contributed by atoms with E-state index in [1.54, 1.807) is 0 Å². The molecule has 0 spiro atoms. The van der Waals surface area contributed by atoms with Gasteiger partial charge in [0.15, 0.2) is 4.90 Å². The van der Waals surface area contributed by atoms with E-state index < -0.39 is 38.5 Å². The molecule has 1 aliphatic rings. The van der Waals surface area contributed by atoms with Gasteiger partial charge in [0.25, 0.3) is 0 Å². The molecule has 110 valence electrons. The molecule has 0 aliphatic carbocycles. The summed E-state index contributed by atoms with van der Waals surface area (Å²) in [5.74, 6) is -2.80. The van der Waals surface area contributed by atoms with Crippen molar-refractivity contribution in [3.63, 3.8) is 0 Å². The maximum Gasteiger partial charge on any atom is 0.249 e. The Hall–Kier alpha value is -1.54. The number of hydrogen-bond acceptors (Lipinski definition) is 3. The third-order valence-corrected chi connectivity index (χ3v) is 5.20. The first-order valence-corrected chi connectivity index (χ1v) is 7.51. The van der Waals surface area contributed by atoms with Crippen molar-refractivity contribution < 1.29 is 22.0 Å². The third kappa shape index (κ3) is 2.40. The molecule has 20 heavy (non-hydrogen) atoms. The minimum absolute atomic E-state index is 0.0637. The number of amides is 1. The van der Waals surface area contributed by atoms with Crippen LogP contribution in [0, 0.1) is 11.6 Å². The van der Waals surface area contributed by atoms with E-state index in [1.807, 2.05) is 0 Å². The molecule has 1 aromatic rings. The van der Waals surface area contributed by atoms with Crippen molar-refractivity contribution in [2.45, 2.75) is 23.8 Å². The second kappa shape index (κ2) is 5.45. The molecule has 0 radical (unpaired) electrons. The average molecular weight is 304 g/mol. The van der Waals surface area contributed by atoms with E-state index in [0.717, 1.165) is 22.5 Å². The van der Waals surface area contributed by atoms with Crippen LogP contribution < -0.4 is 5.32 Å². The van der Waals surface area contributed by atoms with Gasteiger partial charge in [0, 0.05) is 13.6 Å². The lowest BCUT2D eigenvalue weighted by atomic mass is 10.2. The van der Waals surface area contributed by atoms with Gasteiger partial charge >= 0.3 is 0 Å². The summed E-state index contributed by atoms with van der Waals surface area (Å²) in [6, 6.07) is 1.91. The van der Waals surface area contributed by atoms with Crippen LogP contribution in [0.1, 0.15) is 12.8 Å². The number of halogens is 2. The summed E-state index contributed by atoms with van der Waals surface area (Å²) in [6.07, 6.45) is 0.794. The predicted molar refractivity (Wildman–Crippen MR) is 67.3 cm³/mol. The molecule has 0 bridgehead atoms. The fraction of sp³-hybridized carbons (Fsp3) is 0.417. The molecular weight excluding hydrogens is 290 g/mol. The van der Waals surface area contributed by atoms with Gasteiger partial charge in [-0.2, -0.15) is 4.31 Å². The molecule has 0 aromatic heterocycles. The molecule has 8 heteroatoms. The Bertz CT molecular complexity index is 613. The summed E-state index contributed by atoms with van der Waals surface area (Å²) in [6.45, 7) is 0.0637. The summed E-state index contributed by atoms with van der Waals surface area (Å²) in [5.41, 5.74) is 0. The molecule has 1 N–H and O–H groups in total. The van der Waals surface area contributed by atoms with E-state index in [0.29, 0.717) is 12.8 Å². The lowest BCUT2D eigenvalue weighted by molar-refractivity contribution is -0.123. The molecular formula is C12H14F2N2O3S. The zero-order chi connectivity index (χ0) is 14.9. The Kier molecular flexibility index (Phi) is 4.05. The van der Waals surface area contributed by atoms with Crippen LogP contribution in [0.4, 0.5) is 8.78 Å². The van der Waals surface area contributed by atoms with Crippen molar-refractivity contribution in [1.82, 2.24) is 9.62 Å². The number of carbonyl (C=O) groups excluding carboxylic acids is 1. The van der Waals surface area contributed by atoms with E-state index in [9.17, 15) is 22.0 Å². The molecule has 1 amide bonds. The monoisotopic (exact) mass is 304 g/mol. The third-order valence-electron chi connectivity index (χ3n) is 3.24. The molecule has 1 saturated heterocycles. The van der Waals surface area contributed by atoms with Crippen LogP contribution in [0.5, 0.6) is 0 Å². The molecule has 0 saturated carbocycles. The van der Waals surface area contributed by atoms with Gasteiger partial charge in [0.2, 0.25) is 15.9 Å². The number of nitrogens with zero attached hydrogens (tertiary/aromatic N) is 1. The van der Waals surface area contributed by atoms with Crippen LogP contribution in [-0.4, -0.2) is 38.3 Å². The molecule has 1 atom stereocenters. The first kappa shape index (κ1) is 14.9. The van der Waals surface area contributed by atoms with Crippen molar-refractivity contribution in [1.29, 1.82) is 0 Å². The first-order valence-electron chi connectivity index (χ1n) is 6.07. The van der Waals surface area contributed by atoms with Crippen molar-refractivity contribution in [2.24, 2.45) is 0 Å². The molecule has 1 aliphatic heterocycles. The molecule has 1 unspecified atom stereocenters. The largest absolute Gasteiger partial charge is 0.358 e. The van der Waals surface area contributed by atoms with Gasteiger partial charge in [-0.05, 0) is 25.0 Å². The van der Waals surface area contributed by atoms with E-state index >= 15 is 0 Å². The minimum Gasteiger partial charge on any atom is -0.358 e. The number of likely N-dealkylation sites (N-methyl/N-ethyl adjacent to an activating group) is 1. The smallest absolute Gasteiger partial charge is 0.249 e. The Labute approximate surface area is 115 Å². The number of nitrogens with one attached hydrogen (secondary N) is 1. The summed E-state index contributed by atoms with van der Waals surface area (Å²) in [4.78, 5) is 10.7. The van der Waals surface area contributed by atoms with Crippen molar-refractivity contribution in [3.8, 4) is 0 Å². The maximum absolute atomic E-state index is 13.7. The highest BCUT2D eigenvalue weighted by molar-refractivity contribution is 7.89. The first-order chi connectivity index (χ1) is 9.39. The van der Waals surface area contributed by atoms with Crippen LogP contribution >= 0.6 is 0 Å². The van der Waals surface area contributed by atoms with Crippen LogP contribution in [-0.2, 0) is 14.8 Å². The number of carbonyl (C=O) groups is 1. The number of rotatable bonds is 3. The zero-order valence-electron chi connectivity index (χ0n) is 10.8. The van der Waals surface area contributed by atoms with Gasteiger partial charge in [-0.3, -0.25) is 4.79 Å². The van der Waals surface area contributed by atoms with Crippen LogP contribution in [0.15, 0.2) is 23.1 Å². The summed E-state index contributed by atoms with van der Waals surface area (Å²) < 4.78 is 52.9. The summed E-state index contributed by atoms with van der Waals surface area (Å²) in [7, 11) is -3.00. The average Bonchev–Trinajstić information content (AvgIpc) is 2.87. The predicted octanol–water partition coefficient (Wildman–Crippen LogP) is 0.864. The Morgan fingerprint density at radius 3 is 2.50 bits per heavy atom. The second-order valence-corrected chi connectivity index (χ2v) is 6.27. The van der Waals surface area contributed by atoms with Gasteiger partial charge in [0.05, 0.1) is 0 Å². The van der Waals surface area contributed by atoms with Gasteiger partial charge < -0.3 is 5.32 Å². The van der Waals surface area contributed by atoms with E-state index in [4.69, 9.17) is 0 Å². The van der Waals surface area contributed by atoms with Crippen LogP contribution in [0.3, 0.4) is 0 Å². The highest BCUT2D eigenvalue weighted by atomic mass is 32.2. The Balaban J connectivity index is 2.47. The molecule has 1 heterocycles. The van der Waals surface area contributed by atoms with Gasteiger partial charge in [0.1, 0.15) is 17.7 Å². The quantitative estimate of drug-likeness (QED) is 0.901. The normalized spacial score (nSPS) is 20.1. The van der Waals surface area contributed by atoms with Crippen LogP contribution in [0.25, 0.3) is 0 Å². The zero-order valence-corrected chi connectivity index (χ0v) is 11.6. The lowest BCUT2D eigenvalue weighted by Gasteiger charge is -2.23. The highest BCUT2D eigenvalue weighted by Gasteiger charge is 2.41. The number of benzene rings is 1. The molecule has 5 nitrogen and oxygen atoms in total. The lowest BCUT2D eigenvalue weighted by Crippen LogP contribution is -2.45. The SMILES string of the molecule is CNC(=O)C1CCCN1S(=O)(=O)c1c(F)cccc1F. The van der Waals surface area contributed by atoms with E-state index in [-0.39, 0.29) is 6.54 Å². The summed E-state index contributed by atoms with van der Waals surface area (Å²) >= 11 is 0. The van der Waals surface area contributed by atoms with Crippen molar-refractivity contribution in [3.05, 3.63) is 29.8 Å².